The number of hydrogen-bond acceptors (Lipinski definition) is 1. The highest BCUT2D eigenvalue weighted by atomic mass is 14.9. The molecule has 2 rings (SSSR count). The quantitative estimate of drug-likeness (QED) is 0.726. The van der Waals surface area contributed by atoms with Gasteiger partial charge in [-0.3, -0.25) is 0 Å². The molecule has 0 fully saturated rings. The minimum Gasteiger partial charge on any atom is -0.349 e. The van der Waals surface area contributed by atoms with Crippen molar-refractivity contribution >= 4 is 5.69 Å². The highest BCUT2D eigenvalue weighted by Crippen LogP contribution is 2.14. The van der Waals surface area contributed by atoms with Gasteiger partial charge in [0.05, 0.1) is 5.70 Å². The van der Waals surface area contributed by atoms with Crippen LogP contribution in [-0.4, -0.2) is 0 Å². The molecule has 0 saturated heterocycles. The number of anilines is 1. The van der Waals surface area contributed by atoms with Gasteiger partial charge in [0, 0.05) is 5.69 Å². The van der Waals surface area contributed by atoms with E-state index >= 15 is 0 Å². The molecule has 0 radical (unpaired) electrons. The zero-order valence-electron chi connectivity index (χ0n) is 8.75. The molecule has 1 heteroatoms. The van der Waals surface area contributed by atoms with E-state index in [2.05, 4.69) is 29.8 Å². The number of benzene rings is 1. The number of para-hydroxylation sites is 1. The van der Waals surface area contributed by atoms with Crippen molar-refractivity contribution in [3.05, 3.63) is 65.2 Å². The van der Waals surface area contributed by atoms with Crippen LogP contribution in [0.1, 0.15) is 13.3 Å². The van der Waals surface area contributed by atoms with E-state index in [1.165, 1.54) is 5.57 Å². The molecule has 15 heavy (non-hydrogen) atoms. The Bertz CT molecular complexity index is 467. The maximum Gasteiger partial charge on any atom is 0.0903 e. The van der Waals surface area contributed by atoms with E-state index in [4.69, 9.17) is 0 Å². The smallest absolute Gasteiger partial charge is 0.0903 e. The molecule has 74 valence electrons. The molecule has 1 N–H and O–H groups in total. The van der Waals surface area contributed by atoms with E-state index in [1.807, 2.05) is 36.4 Å². The van der Waals surface area contributed by atoms with Gasteiger partial charge in [0.2, 0.25) is 0 Å². The molecule has 1 aliphatic rings. The van der Waals surface area contributed by atoms with Crippen molar-refractivity contribution in [2.24, 2.45) is 0 Å². The third kappa shape index (κ3) is 2.51. The average molecular weight is 195 g/mol. The largest absolute Gasteiger partial charge is 0.349 e. The Hall–Kier alpha value is -1.94. The summed E-state index contributed by atoms with van der Waals surface area (Å²) in [6.45, 7) is 2.13. The second kappa shape index (κ2) is 4.52. The third-order valence-corrected chi connectivity index (χ3v) is 2.26. The topological polar surface area (TPSA) is 12.0 Å². The molecule has 1 aliphatic carbocycles. The van der Waals surface area contributed by atoms with Gasteiger partial charge in [-0.2, -0.15) is 0 Å². The van der Waals surface area contributed by atoms with Gasteiger partial charge >= 0.3 is 0 Å². The van der Waals surface area contributed by atoms with Gasteiger partial charge in [-0.1, -0.05) is 30.9 Å². The first-order valence-corrected chi connectivity index (χ1v) is 5.13. The summed E-state index contributed by atoms with van der Waals surface area (Å²) in [5.74, 6) is 0. The van der Waals surface area contributed by atoms with Crippen LogP contribution in [0.4, 0.5) is 5.69 Å². The molecule has 0 amide bonds. The van der Waals surface area contributed by atoms with E-state index in [-0.39, 0.29) is 0 Å². The van der Waals surface area contributed by atoms with Gasteiger partial charge in [-0.25, -0.2) is 0 Å². The van der Waals surface area contributed by atoms with E-state index in [9.17, 15) is 0 Å². The zero-order chi connectivity index (χ0) is 10.5. The lowest BCUT2D eigenvalue weighted by Crippen LogP contribution is -1.97. The van der Waals surface area contributed by atoms with Crippen LogP contribution in [0.15, 0.2) is 65.2 Å². The molecule has 0 saturated carbocycles. The van der Waals surface area contributed by atoms with Crippen molar-refractivity contribution in [1.29, 1.82) is 0 Å². The van der Waals surface area contributed by atoms with Crippen LogP contribution in [0.2, 0.25) is 0 Å². The molecule has 0 atom stereocenters. The summed E-state index contributed by atoms with van der Waals surface area (Å²) in [4.78, 5) is 0. The normalized spacial score (nSPS) is 13.4. The zero-order valence-corrected chi connectivity index (χ0v) is 8.75. The van der Waals surface area contributed by atoms with Gasteiger partial charge < -0.3 is 5.32 Å². The monoisotopic (exact) mass is 195 g/mol. The van der Waals surface area contributed by atoms with Crippen LogP contribution in [0, 0.1) is 0 Å². The lowest BCUT2D eigenvalue weighted by atomic mass is 10.1. The van der Waals surface area contributed by atoms with Crippen molar-refractivity contribution in [2.75, 3.05) is 5.32 Å². The molecule has 0 unspecified atom stereocenters. The van der Waals surface area contributed by atoms with Gasteiger partial charge in [0.15, 0.2) is 0 Å². The van der Waals surface area contributed by atoms with Crippen LogP contribution >= 0.6 is 0 Å². The van der Waals surface area contributed by atoms with Gasteiger partial charge in [0.25, 0.3) is 0 Å². The third-order valence-electron chi connectivity index (χ3n) is 2.26. The Morgan fingerprint density at radius 2 is 2.00 bits per heavy atom. The average Bonchev–Trinajstić information content (AvgIpc) is 2.31. The minimum atomic E-state index is 0.973. The Balaban J connectivity index is 2.18. The maximum atomic E-state index is 3.29. The summed E-state index contributed by atoms with van der Waals surface area (Å²) in [7, 11) is 0. The van der Waals surface area contributed by atoms with Crippen molar-refractivity contribution < 1.29 is 0 Å². The Labute approximate surface area is 90.1 Å². The molecular weight excluding hydrogens is 182 g/mol. The second-order valence-electron chi connectivity index (χ2n) is 3.39. The number of allylic oxidation sites excluding steroid dienone is 3. The van der Waals surface area contributed by atoms with Crippen LogP contribution in [-0.2, 0) is 0 Å². The molecule has 1 aromatic carbocycles. The minimum absolute atomic E-state index is 0.973. The lowest BCUT2D eigenvalue weighted by molar-refractivity contribution is 1.14. The molecule has 0 heterocycles. The number of nitrogens with one attached hydrogen (secondary N) is 1. The number of rotatable bonds is 3. The summed E-state index contributed by atoms with van der Waals surface area (Å²) in [6.07, 6.45) is 5.09. The highest BCUT2D eigenvalue weighted by molar-refractivity contribution is 5.52. The predicted octanol–water partition coefficient (Wildman–Crippen LogP) is 3.64. The van der Waals surface area contributed by atoms with Gasteiger partial charge in [-0.15, -0.1) is 0 Å². The summed E-state index contributed by atoms with van der Waals surface area (Å²) in [6, 6.07) is 10.1. The molecular formula is C14H13N. The first kappa shape index (κ1) is 9.61. The Morgan fingerprint density at radius 3 is 2.73 bits per heavy atom. The summed E-state index contributed by atoms with van der Waals surface area (Å²) in [5.41, 5.74) is 9.39. The molecule has 0 aliphatic heterocycles. The maximum absolute atomic E-state index is 3.29. The van der Waals surface area contributed by atoms with Crippen LogP contribution < -0.4 is 5.32 Å². The van der Waals surface area contributed by atoms with Gasteiger partial charge in [0.1, 0.15) is 0 Å². The first-order chi connectivity index (χ1) is 7.38. The van der Waals surface area contributed by atoms with Crippen LogP contribution in [0.5, 0.6) is 0 Å². The van der Waals surface area contributed by atoms with Crippen molar-refractivity contribution in [1.82, 2.24) is 0 Å². The fourth-order valence-corrected chi connectivity index (χ4v) is 1.42. The van der Waals surface area contributed by atoms with Gasteiger partial charge in [-0.05, 0) is 42.0 Å². The Kier molecular flexibility index (Phi) is 2.90. The molecule has 1 nitrogen and oxygen atoms in total. The molecule has 0 spiro atoms. The standard InChI is InChI=1S/C14H13N/c1-2-12-7-6-10-14(11-12)15-13-8-4-3-5-9-13/h3-5,7-9,11,15H,2H2,1H3. The molecule has 0 bridgehead atoms. The Morgan fingerprint density at radius 1 is 1.20 bits per heavy atom. The second-order valence-corrected chi connectivity index (χ2v) is 3.39. The number of hydrogen-bond donors (Lipinski definition) is 1. The SMILES string of the molecule is CCC1=CC(Nc2ccccc2)=C=C=C1. The summed E-state index contributed by atoms with van der Waals surface area (Å²) >= 11 is 0. The van der Waals surface area contributed by atoms with Crippen molar-refractivity contribution in [3.8, 4) is 0 Å². The fraction of sp³-hybridized carbons (Fsp3) is 0.143. The van der Waals surface area contributed by atoms with E-state index in [0.29, 0.717) is 0 Å². The predicted molar refractivity (Wildman–Crippen MR) is 63.5 cm³/mol. The molecule has 1 aromatic rings. The van der Waals surface area contributed by atoms with Crippen LogP contribution in [0.3, 0.4) is 0 Å². The van der Waals surface area contributed by atoms with Crippen LogP contribution in [0.25, 0.3) is 0 Å². The van der Waals surface area contributed by atoms with Crippen molar-refractivity contribution in [3.63, 3.8) is 0 Å². The highest BCUT2D eigenvalue weighted by Gasteiger charge is 1.97. The summed E-state index contributed by atoms with van der Waals surface area (Å²) < 4.78 is 0. The van der Waals surface area contributed by atoms with Crippen molar-refractivity contribution in [2.45, 2.75) is 13.3 Å². The van der Waals surface area contributed by atoms with E-state index in [1.54, 1.807) is 0 Å². The molecule has 0 aromatic heterocycles. The lowest BCUT2D eigenvalue weighted by Gasteiger charge is -2.07. The fourth-order valence-electron chi connectivity index (χ4n) is 1.42. The first-order valence-electron chi connectivity index (χ1n) is 5.13. The summed E-state index contributed by atoms with van der Waals surface area (Å²) in [5, 5.41) is 3.29. The van der Waals surface area contributed by atoms with E-state index < -0.39 is 0 Å². The van der Waals surface area contributed by atoms with E-state index in [0.717, 1.165) is 17.8 Å².